The van der Waals surface area contributed by atoms with Gasteiger partial charge in [-0.05, 0) is 86.4 Å². The van der Waals surface area contributed by atoms with Crippen molar-refractivity contribution in [2.75, 3.05) is 0 Å². The fourth-order valence-corrected chi connectivity index (χ4v) is 4.54. The number of amides is 1. The number of carbonyl (C=O) groups excluding carboxylic acids is 1. The summed E-state index contributed by atoms with van der Waals surface area (Å²) in [5.41, 5.74) is 5.77. The van der Waals surface area contributed by atoms with Gasteiger partial charge in [-0.3, -0.25) is 14.8 Å². The second-order valence-electron chi connectivity index (χ2n) is 8.44. The van der Waals surface area contributed by atoms with Crippen LogP contribution in [0.15, 0.2) is 67.0 Å². The van der Waals surface area contributed by atoms with E-state index in [2.05, 4.69) is 15.3 Å². The van der Waals surface area contributed by atoms with Gasteiger partial charge in [0.05, 0.1) is 33.8 Å². The van der Waals surface area contributed by atoms with E-state index in [0.29, 0.717) is 15.7 Å². The molecule has 1 aliphatic carbocycles. The molecule has 176 valence electrons. The predicted octanol–water partition coefficient (Wildman–Crippen LogP) is 6.34. The molecule has 0 radical (unpaired) electrons. The van der Waals surface area contributed by atoms with Crippen molar-refractivity contribution in [2.45, 2.75) is 32.2 Å². The standard InChI is InChI=1S/C27H23Cl2N5O/c1-17(24-7-2-3-14-30-24)32-27(35)25-23-6-4-5-18(15-21-11-8-20(29)16-31-21)26(23)34(33-25)22-12-9-19(28)10-13-22/h2-3,7-17H,4-6H2,1H3,(H,32,35)/b18-15+/t17-/m1/s1. The van der Waals surface area contributed by atoms with E-state index in [9.17, 15) is 4.79 Å². The van der Waals surface area contributed by atoms with E-state index in [0.717, 1.165) is 53.2 Å². The highest BCUT2D eigenvalue weighted by Crippen LogP contribution is 2.36. The lowest BCUT2D eigenvalue weighted by Crippen LogP contribution is -2.28. The van der Waals surface area contributed by atoms with Crippen LogP contribution >= 0.6 is 23.2 Å². The van der Waals surface area contributed by atoms with Gasteiger partial charge in [0.2, 0.25) is 0 Å². The molecular formula is C27H23Cl2N5O. The number of nitrogens with one attached hydrogen (secondary N) is 1. The van der Waals surface area contributed by atoms with Gasteiger partial charge in [0.15, 0.2) is 5.69 Å². The second kappa shape index (κ2) is 10.0. The molecule has 8 heteroatoms. The normalized spacial score (nSPS) is 15.0. The maximum atomic E-state index is 13.4. The van der Waals surface area contributed by atoms with Crippen molar-refractivity contribution in [1.29, 1.82) is 0 Å². The lowest BCUT2D eigenvalue weighted by atomic mass is 9.90. The summed E-state index contributed by atoms with van der Waals surface area (Å²) in [5, 5.41) is 9.09. The summed E-state index contributed by atoms with van der Waals surface area (Å²) in [4.78, 5) is 22.2. The monoisotopic (exact) mass is 503 g/mol. The first-order valence-electron chi connectivity index (χ1n) is 11.4. The molecule has 0 fully saturated rings. The molecule has 35 heavy (non-hydrogen) atoms. The molecule has 0 aliphatic heterocycles. The maximum absolute atomic E-state index is 13.4. The van der Waals surface area contributed by atoms with Crippen molar-refractivity contribution in [1.82, 2.24) is 25.1 Å². The summed E-state index contributed by atoms with van der Waals surface area (Å²) >= 11 is 12.2. The third kappa shape index (κ3) is 4.99. The first-order valence-corrected chi connectivity index (χ1v) is 12.2. The van der Waals surface area contributed by atoms with Crippen molar-refractivity contribution in [2.24, 2.45) is 0 Å². The van der Waals surface area contributed by atoms with Gasteiger partial charge in [-0.25, -0.2) is 4.68 Å². The third-order valence-electron chi connectivity index (χ3n) is 6.00. The van der Waals surface area contributed by atoms with Crippen molar-refractivity contribution in [3.63, 3.8) is 0 Å². The van der Waals surface area contributed by atoms with E-state index < -0.39 is 0 Å². The SMILES string of the molecule is C[C@@H](NC(=O)c1nn(-c2ccc(Cl)cc2)c2c1CCC/C2=C\c1ccc(Cl)cn1)c1ccccn1. The minimum absolute atomic E-state index is 0.224. The quantitative estimate of drug-likeness (QED) is 0.345. The van der Waals surface area contributed by atoms with Crippen molar-refractivity contribution in [3.8, 4) is 5.69 Å². The number of halogens is 2. The molecule has 5 rings (SSSR count). The number of benzene rings is 1. The number of hydrogen-bond donors (Lipinski definition) is 1. The van der Waals surface area contributed by atoms with Gasteiger partial charge in [0.25, 0.3) is 5.91 Å². The van der Waals surface area contributed by atoms with Gasteiger partial charge in [0.1, 0.15) is 0 Å². The Morgan fingerprint density at radius 2 is 1.83 bits per heavy atom. The molecule has 6 nitrogen and oxygen atoms in total. The number of pyridine rings is 2. The minimum atomic E-state index is -0.253. The van der Waals surface area contributed by atoms with Crippen LogP contribution in [0.2, 0.25) is 10.0 Å². The number of carbonyl (C=O) groups is 1. The molecule has 1 N–H and O–H groups in total. The Balaban J connectivity index is 1.58. The molecule has 0 bridgehead atoms. The zero-order chi connectivity index (χ0) is 24.4. The Labute approximate surface area is 213 Å². The molecular weight excluding hydrogens is 481 g/mol. The van der Waals surface area contributed by atoms with Crippen LogP contribution in [0.1, 0.15) is 58.9 Å². The highest BCUT2D eigenvalue weighted by molar-refractivity contribution is 6.30. The highest BCUT2D eigenvalue weighted by atomic mass is 35.5. The van der Waals surface area contributed by atoms with E-state index in [1.54, 1.807) is 12.4 Å². The van der Waals surface area contributed by atoms with E-state index in [1.165, 1.54) is 0 Å². The molecule has 3 heterocycles. The molecule has 0 saturated heterocycles. The number of fused-ring (bicyclic) bond motifs is 1. The zero-order valence-electron chi connectivity index (χ0n) is 19.1. The van der Waals surface area contributed by atoms with E-state index in [4.69, 9.17) is 28.3 Å². The molecule has 1 atom stereocenters. The van der Waals surface area contributed by atoms with Gasteiger partial charge < -0.3 is 5.32 Å². The molecule has 3 aromatic heterocycles. The first kappa shape index (κ1) is 23.3. The fraction of sp³-hybridized carbons (Fsp3) is 0.185. The van der Waals surface area contributed by atoms with Gasteiger partial charge >= 0.3 is 0 Å². The van der Waals surface area contributed by atoms with Gasteiger partial charge in [-0.15, -0.1) is 0 Å². The van der Waals surface area contributed by atoms with Crippen LogP contribution in [0.3, 0.4) is 0 Å². The summed E-state index contributed by atoms with van der Waals surface area (Å²) in [7, 11) is 0. The molecule has 1 amide bonds. The van der Waals surface area contributed by atoms with Crippen LogP contribution in [-0.4, -0.2) is 25.7 Å². The van der Waals surface area contributed by atoms with Gasteiger partial charge in [-0.1, -0.05) is 29.3 Å². The lowest BCUT2D eigenvalue weighted by molar-refractivity contribution is 0.0932. The number of aromatic nitrogens is 4. The van der Waals surface area contributed by atoms with Crippen molar-refractivity contribution in [3.05, 3.63) is 105 Å². The lowest BCUT2D eigenvalue weighted by Gasteiger charge is -2.18. The number of nitrogens with zero attached hydrogens (tertiary/aromatic N) is 4. The van der Waals surface area contributed by atoms with Gasteiger partial charge in [0, 0.05) is 23.0 Å². The Bertz CT molecular complexity index is 1380. The third-order valence-corrected chi connectivity index (χ3v) is 6.47. The van der Waals surface area contributed by atoms with E-state index >= 15 is 0 Å². The van der Waals surface area contributed by atoms with Crippen LogP contribution in [0.5, 0.6) is 0 Å². The fourth-order valence-electron chi connectivity index (χ4n) is 4.31. The highest BCUT2D eigenvalue weighted by Gasteiger charge is 2.29. The number of hydrogen-bond acceptors (Lipinski definition) is 4. The van der Waals surface area contributed by atoms with Crippen molar-refractivity contribution < 1.29 is 4.79 Å². The summed E-state index contributed by atoms with van der Waals surface area (Å²) in [5.74, 6) is -0.224. The maximum Gasteiger partial charge on any atom is 0.272 e. The second-order valence-corrected chi connectivity index (χ2v) is 9.31. The van der Waals surface area contributed by atoms with Crippen LogP contribution in [0.4, 0.5) is 0 Å². The van der Waals surface area contributed by atoms with Gasteiger partial charge in [-0.2, -0.15) is 5.10 Å². The predicted molar refractivity (Wildman–Crippen MR) is 139 cm³/mol. The van der Waals surface area contributed by atoms with Crippen LogP contribution in [-0.2, 0) is 6.42 Å². The molecule has 0 unspecified atom stereocenters. The minimum Gasteiger partial charge on any atom is -0.343 e. The topological polar surface area (TPSA) is 72.7 Å². The van der Waals surface area contributed by atoms with E-state index in [-0.39, 0.29) is 11.9 Å². The Kier molecular flexibility index (Phi) is 6.66. The van der Waals surface area contributed by atoms with Crippen LogP contribution in [0, 0.1) is 0 Å². The first-order chi connectivity index (χ1) is 17.0. The molecule has 4 aromatic rings. The summed E-state index contributed by atoms with van der Waals surface area (Å²) in [6.07, 6.45) is 7.91. The average molecular weight is 504 g/mol. The molecule has 1 aromatic carbocycles. The summed E-state index contributed by atoms with van der Waals surface area (Å²) < 4.78 is 1.84. The zero-order valence-corrected chi connectivity index (χ0v) is 20.6. The Morgan fingerprint density at radius 3 is 2.54 bits per heavy atom. The Hall–Kier alpha value is -3.48. The van der Waals surface area contributed by atoms with Crippen molar-refractivity contribution >= 4 is 40.8 Å². The summed E-state index contributed by atoms with van der Waals surface area (Å²) in [6.45, 7) is 1.92. The Morgan fingerprint density at radius 1 is 1.03 bits per heavy atom. The molecule has 0 spiro atoms. The summed E-state index contributed by atoms with van der Waals surface area (Å²) in [6, 6.07) is 16.6. The van der Waals surface area contributed by atoms with Crippen LogP contribution < -0.4 is 5.32 Å². The molecule has 1 aliphatic rings. The molecule has 0 saturated carbocycles. The number of rotatable bonds is 5. The van der Waals surface area contributed by atoms with Crippen LogP contribution in [0.25, 0.3) is 17.3 Å². The largest absolute Gasteiger partial charge is 0.343 e. The smallest absolute Gasteiger partial charge is 0.272 e. The van der Waals surface area contributed by atoms with E-state index in [1.807, 2.05) is 72.3 Å². The number of allylic oxidation sites excluding steroid dienone is 1. The average Bonchev–Trinajstić information content (AvgIpc) is 3.27.